The molecule has 4 aromatic rings. The summed E-state index contributed by atoms with van der Waals surface area (Å²) in [6, 6.07) is 8.51. The van der Waals surface area contributed by atoms with Crippen LogP contribution >= 0.6 is 0 Å². The van der Waals surface area contributed by atoms with Gasteiger partial charge >= 0.3 is 12.1 Å². The zero-order valence-corrected chi connectivity index (χ0v) is 27.9. The predicted molar refractivity (Wildman–Crippen MR) is 183 cm³/mol. The Balaban J connectivity index is 1.17. The molecule has 8 rings (SSSR count). The van der Waals surface area contributed by atoms with Crippen LogP contribution in [0.25, 0.3) is 32.9 Å². The number of terminal acetylenes is 1. The van der Waals surface area contributed by atoms with Crippen LogP contribution in [0.1, 0.15) is 50.5 Å². The molecular weight excluding hydrogens is 626 g/mol. The highest BCUT2D eigenvalue weighted by Gasteiger charge is 2.50. The molecule has 4 fully saturated rings. The van der Waals surface area contributed by atoms with Gasteiger partial charge in [0.15, 0.2) is 5.82 Å². The predicted octanol–water partition coefficient (Wildman–Crippen LogP) is 6.41. The first-order valence-corrected chi connectivity index (χ1v) is 17.3. The molecule has 1 saturated carbocycles. The van der Waals surface area contributed by atoms with Crippen molar-refractivity contribution < 1.29 is 23.0 Å². The summed E-state index contributed by atoms with van der Waals surface area (Å²) in [6.45, 7) is 3.24. The lowest BCUT2D eigenvalue weighted by molar-refractivity contribution is 0.0484. The lowest BCUT2D eigenvalue weighted by atomic mass is 9.95. The highest BCUT2D eigenvalue weighted by atomic mass is 19.1. The molecule has 9 nitrogen and oxygen atoms in total. The molecule has 0 radical (unpaired) electrons. The molecule has 4 atom stereocenters. The number of piperidine rings is 1. The number of benzene rings is 2. The number of amides is 1. The number of halogens is 2. The first-order chi connectivity index (χ1) is 23.7. The molecule has 3 unspecified atom stereocenters. The monoisotopic (exact) mass is 666 g/mol. The van der Waals surface area contributed by atoms with Crippen LogP contribution in [-0.4, -0.2) is 89.4 Å². The fraction of sp³-hybridized carbons (Fsp3) is 0.474. The van der Waals surface area contributed by atoms with E-state index in [4.69, 9.17) is 25.9 Å². The Morgan fingerprint density at radius 2 is 1.92 bits per heavy atom. The molecule has 3 aliphatic heterocycles. The normalized spacial score (nSPS) is 24.7. The molecular formula is C38H40F2N6O3. The molecule has 3 saturated heterocycles. The first-order valence-electron chi connectivity index (χ1n) is 17.3. The largest absolute Gasteiger partial charge is 0.461 e. The summed E-state index contributed by atoms with van der Waals surface area (Å²) < 4.78 is 43.8. The van der Waals surface area contributed by atoms with Crippen LogP contribution in [-0.2, 0) is 4.74 Å². The Kier molecular flexibility index (Phi) is 8.02. The van der Waals surface area contributed by atoms with Crippen LogP contribution in [0, 0.1) is 35.8 Å². The van der Waals surface area contributed by atoms with Gasteiger partial charge in [0.1, 0.15) is 36.1 Å². The maximum atomic E-state index is 16.9. The summed E-state index contributed by atoms with van der Waals surface area (Å²) >= 11 is 0. The molecule has 4 aliphatic rings. The van der Waals surface area contributed by atoms with Crippen LogP contribution in [0.15, 0.2) is 36.5 Å². The number of rotatable bonds is 7. The number of carbonyl (C=O) groups is 1. The van der Waals surface area contributed by atoms with E-state index in [0.717, 1.165) is 45.3 Å². The zero-order valence-electron chi connectivity index (χ0n) is 27.9. The zero-order chi connectivity index (χ0) is 33.9. The van der Waals surface area contributed by atoms with Gasteiger partial charge in [0.05, 0.1) is 16.5 Å². The van der Waals surface area contributed by atoms with E-state index >= 15 is 4.39 Å². The molecule has 11 heteroatoms. The maximum Gasteiger partial charge on any atom is 0.409 e. The van der Waals surface area contributed by atoms with E-state index in [9.17, 15) is 9.18 Å². The van der Waals surface area contributed by atoms with E-state index in [1.807, 2.05) is 6.07 Å². The van der Waals surface area contributed by atoms with Crippen molar-refractivity contribution in [3.8, 4) is 29.6 Å². The van der Waals surface area contributed by atoms with Gasteiger partial charge in [-0.2, -0.15) is 9.97 Å². The van der Waals surface area contributed by atoms with E-state index in [1.165, 1.54) is 30.2 Å². The standard InChI is InChI=1S/C38H40F2N6O3/c1-4-27-30(39)12-11-25-7-5-8-28(31(25)27)33-32(40)34-29(18-41-33)35(45-19-23-9-10-24(17-23)20-45)43-36(42-34)49-22-38-14-6-16-46(38)26(13-15-38)21-48-37(47)44(2)3/h1,5,7-8,11-12,18,23-24,26H,6,9-10,13-17,19-22H2,2-3H3/t23?,24?,26-,38?/m1/s1. The van der Waals surface area contributed by atoms with E-state index in [1.54, 1.807) is 38.5 Å². The van der Waals surface area contributed by atoms with Gasteiger partial charge in [-0.25, -0.2) is 13.6 Å². The van der Waals surface area contributed by atoms with Crippen molar-refractivity contribution in [3.05, 3.63) is 53.7 Å². The smallest absolute Gasteiger partial charge is 0.409 e. The minimum atomic E-state index is -0.630. The Morgan fingerprint density at radius 3 is 2.69 bits per heavy atom. The molecule has 254 valence electrons. The molecule has 5 heterocycles. The number of aromatic nitrogens is 3. The third-order valence-corrected chi connectivity index (χ3v) is 11.2. The minimum Gasteiger partial charge on any atom is -0.461 e. The summed E-state index contributed by atoms with van der Waals surface area (Å²) in [4.78, 5) is 32.5. The average Bonchev–Trinajstić information content (AvgIpc) is 3.78. The van der Waals surface area contributed by atoms with E-state index < -0.39 is 11.6 Å². The second kappa shape index (κ2) is 12.4. The number of nitrogens with zero attached hydrogens (tertiary/aromatic N) is 6. The highest BCUT2D eigenvalue weighted by Crippen LogP contribution is 2.44. The molecule has 49 heavy (non-hydrogen) atoms. The average molecular weight is 667 g/mol. The lowest BCUT2D eigenvalue weighted by Crippen LogP contribution is -2.48. The van der Waals surface area contributed by atoms with Crippen LogP contribution in [0.4, 0.5) is 19.4 Å². The van der Waals surface area contributed by atoms with Crippen molar-refractivity contribution in [2.75, 3.05) is 51.8 Å². The van der Waals surface area contributed by atoms with Crippen LogP contribution in [0.2, 0.25) is 0 Å². The van der Waals surface area contributed by atoms with Crippen molar-refractivity contribution >= 4 is 33.6 Å². The number of fused-ring (bicyclic) bond motifs is 5. The van der Waals surface area contributed by atoms with Gasteiger partial charge in [-0.3, -0.25) is 9.88 Å². The quantitative estimate of drug-likeness (QED) is 0.209. The van der Waals surface area contributed by atoms with E-state index in [-0.39, 0.29) is 40.5 Å². The Bertz CT molecular complexity index is 1990. The number of ether oxygens (including phenoxy) is 2. The number of hydrogen-bond acceptors (Lipinski definition) is 8. The number of hydrogen-bond donors (Lipinski definition) is 0. The summed E-state index contributed by atoms with van der Waals surface area (Å²) in [7, 11) is 3.35. The Labute approximate surface area is 284 Å². The molecule has 0 N–H and O–H groups in total. The summed E-state index contributed by atoms with van der Waals surface area (Å²) in [5.41, 5.74) is 0.381. The lowest BCUT2D eigenvalue weighted by Gasteiger charge is -2.35. The fourth-order valence-corrected chi connectivity index (χ4v) is 8.87. The van der Waals surface area contributed by atoms with Crippen molar-refractivity contribution in [2.24, 2.45) is 11.8 Å². The van der Waals surface area contributed by atoms with Gasteiger partial charge in [0.25, 0.3) is 0 Å². The maximum absolute atomic E-state index is 16.9. The van der Waals surface area contributed by atoms with Crippen LogP contribution in [0.5, 0.6) is 6.01 Å². The van der Waals surface area contributed by atoms with Crippen molar-refractivity contribution in [1.29, 1.82) is 0 Å². The summed E-state index contributed by atoms with van der Waals surface area (Å²) in [5, 5.41) is 1.64. The van der Waals surface area contributed by atoms with Gasteiger partial charge in [-0.05, 0) is 74.8 Å². The SMILES string of the molecule is C#Cc1c(F)ccc2cccc(-c3ncc4c(N5CC6CCC(C6)C5)nc(OCC56CCCN5[C@@H](COC(=O)N(C)C)CC6)nc4c3F)c12. The van der Waals surface area contributed by atoms with Crippen LogP contribution in [0.3, 0.4) is 0 Å². The molecule has 0 spiro atoms. The summed E-state index contributed by atoms with van der Waals surface area (Å²) in [5.74, 6) is 3.05. The molecule has 2 bridgehead atoms. The second-order valence-electron chi connectivity index (χ2n) is 14.4. The van der Waals surface area contributed by atoms with Crippen LogP contribution < -0.4 is 9.64 Å². The third kappa shape index (κ3) is 5.50. The van der Waals surface area contributed by atoms with Gasteiger partial charge in [-0.15, -0.1) is 6.42 Å². The second-order valence-corrected chi connectivity index (χ2v) is 14.4. The topological polar surface area (TPSA) is 83.9 Å². The molecule has 1 aliphatic carbocycles. The first kappa shape index (κ1) is 31.7. The number of pyridine rings is 1. The van der Waals surface area contributed by atoms with Crippen molar-refractivity contribution in [1.82, 2.24) is 24.8 Å². The molecule has 1 amide bonds. The fourth-order valence-electron chi connectivity index (χ4n) is 8.87. The third-order valence-electron chi connectivity index (χ3n) is 11.2. The van der Waals surface area contributed by atoms with E-state index in [0.29, 0.717) is 52.6 Å². The van der Waals surface area contributed by atoms with Crippen molar-refractivity contribution in [2.45, 2.75) is 56.5 Å². The van der Waals surface area contributed by atoms with Gasteiger partial charge < -0.3 is 19.3 Å². The van der Waals surface area contributed by atoms with Gasteiger partial charge in [-0.1, -0.05) is 30.2 Å². The molecule has 2 aromatic heterocycles. The van der Waals surface area contributed by atoms with E-state index in [2.05, 4.69) is 20.7 Å². The number of carbonyl (C=O) groups excluding carboxylic acids is 1. The Morgan fingerprint density at radius 1 is 1.10 bits per heavy atom. The van der Waals surface area contributed by atoms with Crippen molar-refractivity contribution in [3.63, 3.8) is 0 Å². The Hall–Kier alpha value is -4.56. The molecule has 2 aromatic carbocycles. The van der Waals surface area contributed by atoms with Gasteiger partial charge in [0.2, 0.25) is 0 Å². The minimum absolute atomic E-state index is 0.0426. The number of anilines is 1. The highest BCUT2D eigenvalue weighted by molar-refractivity contribution is 6.02. The van der Waals surface area contributed by atoms with Gasteiger partial charge in [0, 0.05) is 50.4 Å². The summed E-state index contributed by atoms with van der Waals surface area (Å²) in [6.07, 6.45) is 14.3.